The third-order valence-corrected chi connectivity index (χ3v) is 15.7. The van der Waals surface area contributed by atoms with Crippen LogP contribution in [0.3, 0.4) is 0 Å². The number of hydrogen-bond donors (Lipinski definition) is 15. The topological polar surface area (TPSA) is 513 Å². The zero-order valence-electron chi connectivity index (χ0n) is 50.3. The molecular formula is C56H92N4O30. The molecule has 0 aromatic heterocycles. The standard InChI is InChI=1S/C56H92N4O30/c1-29-41(71)45(75)48(78)53(85-29)82-21-19-57-36(66)14-8-4-2-6-11-30(63)23-59(25-32(65)13-10-16-40(70)90-60-38(68)17-18-39(60)69)24-31(64)12-7-3-5-9-15-37(67)58-20-22-83-55-51(81)52(89-56-50(80)47(77)43(73)34(27-62)87-56)44(74)35(88-55)28-84-54-49(79)46(76)42(72)33(26-61)86-54/h29,33-35,41-56,61-62,71-81H,2-28H2,1H3,(H,57,66)(H,58,67)/t29-,33+,34+,35+,41+,42+,43+,44+,45+,46-,47-,48-,49-,50-,51-,52-,53+,54-,55-,56+/m0/s1. The molecule has 0 bridgehead atoms. The molecule has 0 aromatic rings. The molecule has 0 aromatic carbocycles. The lowest BCUT2D eigenvalue weighted by atomic mass is 9.96. The number of nitrogens with one attached hydrogen (secondary N) is 2. The molecule has 4 amide bonds. The molecule has 34 nitrogen and oxygen atoms in total. The summed E-state index contributed by atoms with van der Waals surface area (Å²) in [5.41, 5.74) is 0. The van der Waals surface area contributed by atoms with Crippen molar-refractivity contribution in [2.24, 2.45) is 0 Å². The number of nitrogens with zero attached hydrogens (tertiary/aromatic N) is 2. The summed E-state index contributed by atoms with van der Waals surface area (Å²) in [6.07, 6.45) is -28.1. The minimum atomic E-state index is -1.95. The van der Waals surface area contributed by atoms with Crippen LogP contribution < -0.4 is 10.6 Å². The highest BCUT2D eigenvalue weighted by Crippen LogP contribution is 2.31. The number of aliphatic hydroxyl groups excluding tert-OH is 13. The number of aliphatic hydroxyl groups is 13. The Morgan fingerprint density at radius 2 is 0.878 bits per heavy atom. The first-order valence-electron chi connectivity index (χ1n) is 30.6. The molecule has 0 aliphatic carbocycles. The molecule has 5 aliphatic rings. The monoisotopic (exact) mass is 1300 g/mol. The highest BCUT2D eigenvalue weighted by Gasteiger charge is 2.52. The molecule has 15 N–H and O–H groups in total. The number of carbonyl (C=O) groups excluding carboxylic acids is 8. The van der Waals surface area contributed by atoms with Crippen LogP contribution in [-0.4, -0.2) is 312 Å². The number of hydroxylamine groups is 2. The van der Waals surface area contributed by atoms with Gasteiger partial charge in [0, 0.05) is 64.5 Å². The summed E-state index contributed by atoms with van der Waals surface area (Å²) < 4.78 is 44.2. The van der Waals surface area contributed by atoms with Gasteiger partial charge in [0.15, 0.2) is 25.2 Å². The number of Topliss-reactive ketones (excluding diaryl/α,β-unsaturated/α-hetero) is 3. The summed E-state index contributed by atoms with van der Waals surface area (Å²) in [5, 5.41) is 139. The second-order valence-electron chi connectivity index (χ2n) is 23.0. The van der Waals surface area contributed by atoms with Gasteiger partial charge in [0.25, 0.3) is 11.8 Å². The number of rotatable bonds is 40. The summed E-state index contributed by atoms with van der Waals surface area (Å²) in [5.74, 6) is -3.68. The van der Waals surface area contributed by atoms with Crippen LogP contribution in [0.15, 0.2) is 0 Å². The van der Waals surface area contributed by atoms with E-state index in [0.717, 1.165) is 0 Å². The molecule has 5 rings (SSSR count). The number of ether oxygens (including phenoxy) is 8. The second-order valence-corrected chi connectivity index (χ2v) is 23.0. The van der Waals surface area contributed by atoms with E-state index in [9.17, 15) is 105 Å². The van der Waals surface area contributed by atoms with E-state index in [2.05, 4.69) is 10.6 Å². The van der Waals surface area contributed by atoms with Crippen LogP contribution in [0.2, 0.25) is 0 Å². The summed E-state index contributed by atoms with van der Waals surface area (Å²) in [4.78, 5) is 107. The number of imide groups is 1. The van der Waals surface area contributed by atoms with Crippen LogP contribution in [0, 0.1) is 0 Å². The molecule has 5 heterocycles. The summed E-state index contributed by atoms with van der Waals surface area (Å²) in [6.45, 7) is -1.84. The van der Waals surface area contributed by atoms with Gasteiger partial charge in [-0.25, -0.2) is 4.79 Å². The Morgan fingerprint density at radius 1 is 0.467 bits per heavy atom. The second kappa shape index (κ2) is 38.8. The lowest BCUT2D eigenvalue weighted by Crippen LogP contribution is -2.65. The Hall–Kier alpha value is -4.32. The van der Waals surface area contributed by atoms with Crippen molar-refractivity contribution in [1.29, 1.82) is 0 Å². The predicted molar refractivity (Wildman–Crippen MR) is 297 cm³/mol. The van der Waals surface area contributed by atoms with Gasteiger partial charge in [0.1, 0.15) is 109 Å². The third kappa shape index (κ3) is 23.6. The van der Waals surface area contributed by atoms with Crippen molar-refractivity contribution in [3.05, 3.63) is 0 Å². The Bertz CT molecular complexity index is 2260. The highest BCUT2D eigenvalue weighted by atomic mass is 16.8. The predicted octanol–water partition coefficient (Wildman–Crippen LogP) is -7.00. The van der Waals surface area contributed by atoms with Crippen molar-refractivity contribution in [2.75, 3.05) is 65.8 Å². The Kier molecular flexibility index (Phi) is 32.9. The fourth-order valence-corrected chi connectivity index (χ4v) is 10.4. The molecule has 0 saturated carbocycles. The van der Waals surface area contributed by atoms with Crippen LogP contribution in [0.1, 0.15) is 116 Å². The molecule has 20 atom stereocenters. The van der Waals surface area contributed by atoms with Crippen LogP contribution in [0.4, 0.5) is 0 Å². The van der Waals surface area contributed by atoms with Crippen molar-refractivity contribution >= 4 is 46.9 Å². The van der Waals surface area contributed by atoms with E-state index in [0.29, 0.717) is 56.4 Å². The maximum absolute atomic E-state index is 13.2. The minimum absolute atomic E-state index is 0.00998. The molecule has 0 unspecified atom stereocenters. The molecular weight excluding hydrogens is 1210 g/mol. The number of amides is 4. The van der Waals surface area contributed by atoms with E-state index in [1.807, 2.05) is 0 Å². The van der Waals surface area contributed by atoms with E-state index in [1.54, 1.807) is 0 Å². The molecule has 5 saturated heterocycles. The van der Waals surface area contributed by atoms with Crippen molar-refractivity contribution in [3.8, 4) is 0 Å². The molecule has 0 radical (unpaired) electrons. The maximum atomic E-state index is 13.2. The number of unbranched alkanes of at least 4 members (excludes halogenated alkanes) is 6. The number of ketones is 3. The van der Waals surface area contributed by atoms with E-state index < -0.39 is 160 Å². The first-order valence-corrected chi connectivity index (χ1v) is 30.6. The molecule has 5 aliphatic heterocycles. The lowest BCUT2D eigenvalue weighted by Gasteiger charge is -2.46. The molecule has 5 fully saturated rings. The van der Waals surface area contributed by atoms with Crippen LogP contribution in [-0.2, 0) is 81.1 Å². The van der Waals surface area contributed by atoms with Crippen LogP contribution >= 0.6 is 0 Å². The van der Waals surface area contributed by atoms with E-state index in [4.69, 9.17) is 42.7 Å². The maximum Gasteiger partial charge on any atom is 0.333 e. The van der Waals surface area contributed by atoms with Crippen molar-refractivity contribution in [1.82, 2.24) is 20.6 Å². The van der Waals surface area contributed by atoms with E-state index >= 15 is 0 Å². The average Bonchev–Trinajstić information content (AvgIpc) is 1.00. The fraction of sp³-hybridized carbons (Fsp3) is 0.857. The Labute approximate surface area is 518 Å². The van der Waals surface area contributed by atoms with Gasteiger partial charge in [-0.2, -0.15) is 0 Å². The largest absolute Gasteiger partial charge is 0.394 e. The lowest BCUT2D eigenvalue weighted by molar-refractivity contribution is -0.366. The molecule has 34 heteroatoms. The van der Waals surface area contributed by atoms with Crippen molar-refractivity contribution < 1.29 is 147 Å². The number of hydrogen-bond acceptors (Lipinski definition) is 31. The van der Waals surface area contributed by atoms with Gasteiger partial charge in [-0.05, 0) is 39.0 Å². The smallest absolute Gasteiger partial charge is 0.333 e. The summed E-state index contributed by atoms with van der Waals surface area (Å²) in [6, 6.07) is 0. The van der Waals surface area contributed by atoms with Crippen LogP contribution in [0.5, 0.6) is 0 Å². The van der Waals surface area contributed by atoms with Gasteiger partial charge in [0.2, 0.25) is 11.8 Å². The quantitative estimate of drug-likeness (QED) is 0.0200. The van der Waals surface area contributed by atoms with Gasteiger partial charge >= 0.3 is 5.97 Å². The summed E-state index contributed by atoms with van der Waals surface area (Å²) >= 11 is 0. The molecule has 90 heavy (non-hydrogen) atoms. The van der Waals surface area contributed by atoms with Gasteiger partial charge in [-0.1, -0.05) is 25.7 Å². The first-order chi connectivity index (χ1) is 42.8. The molecule has 0 spiro atoms. The SMILES string of the molecule is C[C@@H]1O[C@@H](OCCNC(=O)CCCCCCC(=O)CN(CC(=O)CCCCCCC(=O)NCCO[C@H]2O[C@H](CO[C@H]3O[C@H](CO)[C@@H](O)[C@H](O)[C@@H]3O)[C@@H](O)[C@H](O[C@H]3O[C@H](CO)[C@@H](O)[C@H](O)[C@@H]3O)[C@@H]2O)CC(=O)CCCC(=O)ON2C(=O)CCC2=O)[C@@H](O)[C@H](O)[C@@H]1O. The van der Waals surface area contributed by atoms with E-state index in [-0.39, 0.29) is 133 Å². The molecule has 516 valence electrons. The normalized spacial score (nSPS) is 33.1. The Morgan fingerprint density at radius 3 is 1.37 bits per heavy atom. The zero-order chi connectivity index (χ0) is 66.2. The van der Waals surface area contributed by atoms with Gasteiger partial charge in [0.05, 0.1) is 58.8 Å². The van der Waals surface area contributed by atoms with Gasteiger partial charge in [-0.15, -0.1) is 5.06 Å². The van der Waals surface area contributed by atoms with Crippen molar-refractivity contribution in [2.45, 2.75) is 239 Å². The van der Waals surface area contributed by atoms with Gasteiger partial charge in [-0.3, -0.25) is 38.5 Å². The number of carbonyl (C=O) groups is 8. The summed E-state index contributed by atoms with van der Waals surface area (Å²) in [7, 11) is 0. The van der Waals surface area contributed by atoms with Gasteiger partial charge < -0.3 is 120 Å². The highest BCUT2D eigenvalue weighted by molar-refractivity contribution is 6.01. The zero-order valence-corrected chi connectivity index (χ0v) is 50.3. The fourth-order valence-electron chi connectivity index (χ4n) is 10.4. The third-order valence-electron chi connectivity index (χ3n) is 15.7. The van der Waals surface area contributed by atoms with E-state index in [1.165, 1.54) is 11.8 Å². The van der Waals surface area contributed by atoms with Crippen molar-refractivity contribution in [3.63, 3.8) is 0 Å². The Balaban J connectivity index is 1.01. The first kappa shape index (κ1) is 76.4. The van der Waals surface area contributed by atoms with Crippen LogP contribution in [0.25, 0.3) is 0 Å². The minimum Gasteiger partial charge on any atom is -0.394 e. The average molecular weight is 1300 g/mol.